The Morgan fingerprint density at radius 2 is 2.16 bits per heavy atom. The first-order valence-electron chi connectivity index (χ1n) is 7.16. The average Bonchev–Trinajstić information content (AvgIpc) is 3.03. The molecule has 2 aromatic heterocycles. The molecule has 2 heterocycles. The van der Waals surface area contributed by atoms with Crippen LogP contribution >= 0.6 is 11.6 Å². The van der Waals surface area contributed by atoms with E-state index in [1.807, 2.05) is 12.3 Å². The van der Waals surface area contributed by atoms with Gasteiger partial charge in [-0.05, 0) is 30.9 Å². The van der Waals surface area contributed by atoms with Crippen LogP contribution in [0.25, 0.3) is 11.2 Å². The van der Waals surface area contributed by atoms with Crippen molar-refractivity contribution in [3.8, 4) is 0 Å². The SMILES string of the molecule is Cc1ccnc2c1nc(CCl)n2CCC1CCCC1. The third-order valence-corrected chi connectivity index (χ3v) is 4.51. The zero-order valence-electron chi connectivity index (χ0n) is 11.4. The molecule has 3 nitrogen and oxygen atoms in total. The van der Waals surface area contributed by atoms with Crippen LogP contribution in [0.1, 0.15) is 43.5 Å². The molecule has 0 spiro atoms. The summed E-state index contributed by atoms with van der Waals surface area (Å²) in [7, 11) is 0. The standard InChI is InChI=1S/C15H20ClN3/c1-11-6-8-17-15-14(11)18-13(10-16)19(15)9-7-12-4-2-3-5-12/h6,8,12H,2-5,7,9-10H2,1H3. The number of aryl methyl sites for hydroxylation is 2. The monoisotopic (exact) mass is 277 g/mol. The van der Waals surface area contributed by atoms with Crippen LogP contribution < -0.4 is 0 Å². The smallest absolute Gasteiger partial charge is 0.160 e. The van der Waals surface area contributed by atoms with Gasteiger partial charge in [-0.3, -0.25) is 0 Å². The van der Waals surface area contributed by atoms with Crippen LogP contribution in [-0.4, -0.2) is 14.5 Å². The molecule has 1 aliphatic rings. The van der Waals surface area contributed by atoms with E-state index in [9.17, 15) is 0 Å². The van der Waals surface area contributed by atoms with Gasteiger partial charge in [0.25, 0.3) is 0 Å². The molecule has 0 amide bonds. The van der Waals surface area contributed by atoms with E-state index < -0.39 is 0 Å². The van der Waals surface area contributed by atoms with Crippen molar-refractivity contribution in [1.29, 1.82) is 0 Å². The second kappa shape index (κ2) is 5.49. The van der Waals surface area contributed by atoms with E-state index in [0.717, 1.165) is 29.5 Å². The van der Waals surface area contributed by atoms with Gasteiger partial charge in [-0.2, -0.15) is 0 Å². The number of nitrogens with zero attached hydrogens (tertiary/aromatic N) is 3. The molecular weight excluding hydrogens is 258 g/mol. The third kappa shape index (κ3) is 2.48. The minimum absolute atomic E-state index is 0.459. The molecular formula is C15H20ClN3. The van der Waals surface area contributed by atoms with Crippen molar-refractivity contribution in [3.63, 3.8) is 0 Å². The Balaban J connectivity index is 1.89. The second-order valence-electron chi connectivity index (χ2n) is 5.55. The van der Waals surface area contributed by atoms with E-state index >= 15 is 0 Å². The summed E-state index contributed by atoms with van der Waals surface area (Å²) >= 11 is 6.04. The first-order valence-corrected chi connectivity index (χ1v) is 7.69. The lowest BCUT2D eigenvalue weighted by Crippen LogP contribution is -2.07. The molecule has 0 saturated heterocycles. The van der Waals surface area contributed by atoms with Crippen molar-refractivity contribution < 1.29 is 0 Å². The van der Waals surface area contributed by atoms with Crippen molar-refractivity contribution in [1.82, 2.24) is 14.5 Å². The Kier molecular flexibility index (Phi) is 3.74. The second-order valence-corrected chi connectivity index (χ2v) is 5.82. The maximum atomic E-state index is 6.04. The van der Waals surface area contributed by atoms with E-state index in [1.165, 1.54) is 37.7 Å². The minimum Gasteiger partial charge on any atom is -0.312 e. The topological polar surface area (TPSA) is 30.7 Å². The van der Waals surface area contributed by atoms with E-state index in [-0.39, 0.29) is 0 Å². The number of fused-ring (bicyclic) bond motifs is 1. The molecule has 0 aliphatic heterocycles. The summed E-state index contributed by atoms with van der Waals surface area (Å²) < 4.78 is 2.22. The highest BCUT2D eigenvalue weighted by atomic mass is 35.5. The third-order valence-electron chi connectivity index (χ3n) is 4.27. The van der Waals surface area contributed by atoms with Gasteiger partial charge in [0, 0.05) is 12.7 Å². The Hall–Kier alpha value is -1.09. The van der Waals surface area contributed by atoms with Gasteiger partial charge in [0.2, 0.25) is 0 Å². The fraction of sp³-hybridized carbons (Fsp3) is 0.600. The summed E-state index contributed by atoms with van der Waals surface area (Å²) in [6, 6.07) is 2.01. The van der Waals surface area contributed by atoms with Gasteiger partial charge < -0.3 is 4.57 Å². The summed E-state index contributed by atoms with van der Waals surface area (Å²) in [5, 5.41) is 0. The molecule has 1 saturated carbocycles. The maximum absolute atomic E-state index is 6.04. The largest absolute Gasteiger partial charge is 0.312 e. The van der Waals surface area contributed by atoms with Gasteiger partial charge in [0.15, 0.2) is 5.65 Å². The molecule has 0 aromatic carbocycles. The Bertz CT molecular complexity index is 570. The fourth-order valence-corrected chi connectivity index (χ4v) is 3.34. The number of halogens is 1. The lowest BCUT2D eigenvalue weighted by Gasteiger charge is -2.11. The van der Waals surface area contributed by atoms with Crippen LogP contribution in [0.4, 0.5) is 0 Å². The number of alkyl halides is 1. The number of aromatic nitrogens is 3. The quantitative estimate of drug-likeness (QED) is 0.789. The number of rotatable bonds is 4. The molecule has 4 heteroatoms. The Morgan fingerprint density at radius 3 is 2.89 bits per heavy atom. The zero-order chi connectivity index (χ0) is 13.2. The average molecular weight is 278 g/mol. The van der Waals surface area contributed by atoms with Gasteiger partial charge >= 0.3 is 0 Å². The first kappa shape index (κ1) is 12.9. The van der Waals surface area contributed by atoms with E-state index in [4.69, 9.17) is 11.6 Å². The van der Waals surface area contributed by atoms with E-state index in [2.05, 4.69) is 21.5 Å². The van der Waals surface area contributed by atoms with Crippen LogP contribution in [0.15, 0.2) is 12.3 Å². The number of pyridine rings is 1. The highest BCUT2D eigenvalue weighted by molar-refractivity contribution is 6.16. The predicted molar refractivity (Wildman–Crippen MR) is 78.4 cm³/mol. The lowest BCUT2D eigenvalue weighted by atomic mass is 10.0. The first-order chi connectivity index (χ1) is 9.29. The summed E-state index contributed by atoms with van der Waals surface area (Å²) in [5.74, 6) is 2.29. The Labute approximate surface area is 119 Å². The normalized spacial score (nSPS) is 16.5. The zero-order valence-corrected chi connectivity index (χ0v) is 12.2. The van der Waals surface area contributed by atoms with Crippen LogP contribution in [0.2, 0.25) is 0 Å². The molecule has 102 valence electrons. The van der Waals surface area contributed by atoms with Gasteiger partial charge in [-0.1, -0.05) is 25.7 Å². The molecule has 3 rings (SSSR count). The van der Waals surface area contributed by atoms with E-state index in [0.29, 0.717) is 5.88 Å². The molecule has 1 aliphatic carbocycles. The maximum Gasteiger partial charge on any atom is 0.160 e. The molecule has 0 radical (unpaired) electrons. The predicted octanol–water partition coefficient (Wildman–Crippen LogP) is 4.06. The van der Waals surface area contributed by atoms with E-state index in [1.54, 1.807) is 0 Å². The van der Waals surface area contributed by atoms with Crippen LogP contribution in [-0.2, 0) is 12.4 Å². The molecule has 0 bridgehead atoms. The van der Waals surface area contributed by atoms with Gasteiger partial charge in [-0.15, -0.1) is 11.6 Å². The summed E-state index contributed by atoms with van der Waals surface area (Å²) in [6.45, 7) is 3.08. The van der Waals surface area contributed by atoms with Crippen molar-refractivity contribution in [3.05, 3.63) is 23.7 Å². The number of imidazole rings is 1. The van der Waals surface area contributed by atoms with Crippen LogP contribution in [0, 0.1) is 12.8 Å². The molecule has 1 fully saturated rings. The lowest BCUT2D eigenvalue weighted by molar-refractivity contribution is 0.457. The molecule has 0 unspecified atom stereocenters. The molecule has 0 atom stereocenters. The van der Waals surface area contributed by atoms with Crippen molar-refractivity contribution in [2.45, 2.75) is 51.5 Å². The minimum atomic E-state index is 0.459. The summed E-state index contributed by atoms with van der Waals surface area (Å²) in [4.78, 5) is 9.14. The van der Waals surface area contributed by atoms with Crippen molar-refractivity contribution in [2.75, 3.05) is 0 Å². The fourth-order valence-electron chi connectivity index (χ4n) is 3.13. The van der Waals surface area contributed by atoms with Crippen molar-refractivity contribution >= 4 is 22.8 Å². The van der Waals surface area contributed by atoms with Crippen LogP contribution in [0.5, 0.6) is 0 Å². The number of hydrogen-bond acceptors (Lipinski definition) is 2. The summed E-state index contributed by atoms with van der Waals surface area (Å²) in [5.41, 5.74) is 3.18. The highest BCUT2D eigenvalue weighted by Crippen LogP contribution is 2.29. The molecule has 0 N–H and O–H groups in total. The molecule has 2 aromatic rings. The number of hydrogen-bond donors (Lipinski definition) is 0. The Morgan fingerprint density at radius 1 is 1.37 bits per heavy atom. The van der Waals surface area contributed by atoms with Gasteiger partial charge in [0.1, 0.15) is 11.3 Å². The van der Waals surface area contributed by atoms with Crippen LogP contribution in [0.3, 0.4) is 0 Å². The summed E-state index contributed by atoms with van der Waals surface area (Å²) in [6.07, 6.45) is 8.66. The van der Waals surface area contributed by atoms with Gasteiger partial charge in [0.05, 0.1) is 5.88 Å². The van der Waals surface area contributed by atoms with Crippen molar-refractivity contribution in [2.24, 2.45) is 5.92 Å². The molecule has 19 heavy (non-hydrogen) atoms. The highest BCUT2D eigenvalue weighted by Gasteiger charge is 2.17. The van der Waals surface area contributed by atoms with Gasteiger partial charge in [-0.25, -0.2) is 9.97 Å².